The number of nitrogens with zero attached hydrogens (tertiary/aromatic N) is 3. The number of halogens is 1. The van der Waals surface area contributed by atoms with Gasteiger partial charge >= 0.3 is 5.97 Å². The van der Waals surface area contributed by atoms with Crippen LogP contribution in [-0.2, 0) is 6.42 Å². The van der Waals surface area contributed by atoms with Crippen molar-refractivity contribution in [1.29, 1.82) is 0 Å². The van der Waals surface area contributed by atoms with Gasteiger partial charge in [0.25, 0.3) is 0 Å². The Balaban J connectivity index is 1.35. The van der Waals surface area contributed by atoms with E-state index in [2.05, 4.69) is 10.3 Å². The molecule has 0 aliphatic heterocycles. The molecule has 0 spiro atoms. The fourth-order valence-corrected chi connectivity index (χ4v) is 5.15. The molecular weight excluding hydrogens is 515 g/mol. The highest BCUT2D eigenvalue weighted by atomic mass is 32.1. The SMILES string of the molecule is O=C(O)c1cc(-c2cccs2)cnc1Nc1cc(Cc2ccc(F)cc2)n(-c2cccc(OC3CCC3)c2)n1. The van der Waals surface area contributed by atoms with Gasteiger partial charge in [0, 0.05) is 35.2 Å². The van der Waals surface area contributed by atoms with Crippen molar-refractivity contribution in [2.45, 2.75) is 31.8 Å². The van der Waals surface area contributed by atoms with Crippen LogP contribution in [0.2, 0.25) is 0 Å². The quantitative estimate of drug-likeness (QED) is 0.207. The van der Waals surface area contributed by atoms with E-state index in [1.807, 2.05) is 47.8 Å². The number of benzene rings is 2. The van der Waals surface area contributed by atoms with E-state index in [0.717, 1.165) is 46.0 Å². The molecule has 1 aliphatic carbocycles. The van der Waals surface area contributed by atoms with Gasteiger partial charge in [0.2, 0.25) is 0 Å². The molecular formula is C30H25FN4O3S. The highest BCUT2D eigenvalue weighted by molar-refractivity contribution is 7.13. The fraction of sp³-hybridized carbons (Fsp3) is 0.167. The molecule has 39 heavy (non-hydrogen) atoms. The second-order valence-corrected chi connectivity index (χ2v) is 10.4. The summed E-state index contributed by atoms with van der Waals surface area (Å²) < 4.78 is 21.4. The molecule has 1 fully saturated rings. The largest absolute Gasteiger partial charge is 0.490 e. The maximum Gasteiger partial charge on any atom is 0.339 e. The van der Waals surface area contributed by atoms with E-state index in [0.29, 0.717) is 12.2 Å². The number of carboxylic acid groups (broad SMARTS) is 1. The molecule has 0 bridgehead atoms. The topological polar surface area (TPSA) is 89.3 Å². The van der Waals surface area contributed by atoms with Crippen molar-refractivity contribution in [2.24, 2.45) is 0 Å². The Morgan fingerprint density at radius 3 is 2.67 bits per heavy atom. The van der Waals surface area contributed by atoms with Gasteiger partial charge in [0.05, 0.1) is 17.5 Å². The van der Waals surface area contributed by atoms with Crippen LogP contribution in [0.3, 0.4) is 0 Å². The molecule has 6 rings (SSSR count). The molecule has 0 unspecified atom stereocenters. The number of aromatic carboxylic acids is 1. The third-order valence-corrected chi connectivity index (χ3v) is 7.59. The second kappa shape index (κ2) is 10.7. The van der Waals surface area contributed by atoms with Crippen LogP contribution in [0.25, 0.3) is 16.1 Å². The number of nitrogens with one attached hydrogen (secondary N) is 1. The van der Waals surface area contributed by atoms with Gasteiger partial charge in [-0.25, -0.2) is 18.9 Å². The van der Waals surface area contributed by atoms with Crippen molar-refractivity contribution in [1.82, 2.24) is 14.8 Å². The van der Waals surface area contributed by atoms with E-state index in [1.54, 1.807) is 29.1 Å². The van der Waals surface area contributed by atoms with Crippen molar-refractivity contribution in [3.63, 3.8) is 0 Å². The number of aromatic nitrogens is 3. The van der Waals surface area contributed by atoms with Crippen LogP contribution < -0.4 is 10.1 Å². The number of thiophene rings is 1. The van der Waals surface area contributed by atoms with Gasteiger partial charge in [-0.15, -0.1) is 16.4 Å². The van der Waals surface area contributed by atoms with Crippen LogP contribution in [0.1, 0.15) is 40.9 Å². The van der Waals surface area contributed by atoms with Crippen LogP contribution in [0.5, 0.6) is 5.75 Å². The first-order chi connectivity index (χ1) is 19.0. The lowest BCUT2D eigenvalue weighted by Crippen LogP contribution is -2.24. The summed E-state index contributed by atoms with van der Waals surface area (Å²) in [7, 11) is 0. The predicted octanol–water partition coefficient (Wildman–Crippen LogP) is 7.10. The predicted molar refractivity (Wildman–Crippen MR) is 149 cm³/mol. The zero-order valence-corrected chi connectivity index (χ0v) is 21.7. The molecule has 7 nitrogen and oxygen atoms in total. The minimum atomic E-state index is -1.09. The Bertz CT molecular complexity index is 1610. The molecule has 196 valence electrons. The zero-order valence-electron chi connectivity index (χ0n) is 20.9. The molecule has 0 radical (unpaired) electrons. The molecule has 0 amide bonds. The number of hydrogen-bond acceptors (Lipinski definition) is 6. The summed E-state index contributed by atoms with van der Waals surface area (Å²) in [6.45, 7) is 0. The summed E-state index contributed by atoms with van der Waals surface area (Å²) in [6, 6.07) is 21.4. The number of pyridine rings is 1. The highest BCUT2D eigenvalue weighted by Crippen LogP contribution is 2.30. The molecule has 2 N–H and O–H groups in total. The Hall–Kier alpha value is -4.50. The maximum atomic E-state index is 13.5. The molecule has 3 aromatic heterocycles. The van der Waals surface area contributed by atoms with Crippen LogP contribution in [-0.4, -0.2) is 31.9 Å². The fourth-order valence-electron chi connectivity index (χ4n) is 4.44. The molecule has 3 heterocycles. The summed E-state index contributed by atoms with van der Waals surface area (Å²) in [6.07, 6.45) is 5.67. The van der Waals surface area contributed by atoms with E-state index in [1.165, 1.54) is 29.9 Å². The summed E-state index contributed by atoms with van der Waals surface area (Å²) in [5.41, 5.74) is 3.33. The Kier molecular flexibility index (Phi) is 6.81. The number of carboxylic acids is 1. The minimum absolute atomic E-state index is 0.0476. The summed E-state index contributed by atoms with van der Waals surface area (Å²) in [5, 5.41) is 19.7. The molecule has 1 aliphatic rings. The van der Waals surface area contributed by atoms with E-state index in [-0.39, 0.29) is 23.3 Å². The number of anilines is 2. The van der Waals surface area contributed by atoms with E-state index >= 15 is 0 Å². The van der Waals surface area contributed by atoms with Gasteiger partial charge in [-0.1, -0.05) is 24.3 Å². The first kappa shape index (κ1) is 24.8. The van der Waals surface area contributed by atoms with E-state index < -0.39 is 5.97 Å². The van der Waals surface area contributed by atoms with Crippen molar-refractivity contribution in [2.75, 3.05) is 5.32 Å². The van der Waals surface area contributed by atoms with Crippen molar-refractivity contribution >= 4 is 28.9 Å². The Morgan fingerprint density at radius 1 is 1.10 bits per heavy atom. The lowest BCUT2D eigenvalue weighted by molar-refractivity contribution is 0.0697. The second-order valence-electron chi connectivity index (χ2n) is 9.43. The molecule has 0 atom stereocenters. The lowest BCUT2D eigenvalue weighted by atomic mass is 9.96. The summed E-state index contributed by atoms with van der Waals surface area (Å²) in [4.78, 5) is 17.5. The van der Waals surface area contributed by atoms with E-state index in [9.17, 15) is 14.3 Å². The smallest absolute Gasteiger partial charge is 0.339 e. The van der Waals surface area contributed by atoms with Crippen LogP contribution >= 0.6 is 11.3 Å². The molecule has 1 saturated carbocycles. The minimum Gasteiger partial charge on any atom is -0.490 e. The molecule has 0 saturated heterocycles. The average Bonchev–Trinajstić information content (AvgIpc) is 3.59. The molecule has 5 aromatic rings. The van der Waals surface area contributed by atoms with E-state index in [4.69, 9.17) is 9.84 Å². The normalized spacial score (nSPS) is 13.2. The number of hydrogen-bond donors (Lipinski definition) is 2. The highest BCUT2D eigenvalue weighted by Gasteiger charge is 2.20. The van der Waals surface area contributed by atoms with Crippen molar-refractivity contribution in [3.05, 3.63) is 107 Å². The Morgan fingerprint density at radius 2 is 1.95 bits per heavy atom. The number of rotatable bonds is 9. The molecule has 2 aromatic carbocycles. The first-order valence-electron chi connectivity index (χ1n) is 12.7. The number of ether oxygens (including phenoxy) is 1. The van der Waals surface area contributed by atoms with Gasteiger partial charge in [0.15, 0.2) is 5.82 Å². The number of carbonyl (C=O) groups is 1. The lowest BCUT2D eigenvalue weighted by Gasteiger charge is -2.26. The van der Waals surface area contributed by atoms with Gasteiger partial charge < -0.3 is 15.2 Å². The van der Waals surface area contributed by atoms with Crippen molar-refractivity contribution in [3.8, 4) is 21.9 Å². The van der Waals surface area contributed by atoms with Crippen LogP contribution in [0.15, 0.2) is 84.4 Å². The average molecular weight is 541 g/mol. The van der Waals surface area contributed by atoms with Crippen LogP contribution in [0.4, 0.5) is 16.0 Å². The standard InChI is InChI=1S/C30H25FN4O3S/c31-21-11-9-19(10-12-21)14-23-17-28(34-35(23)22-4-1-7-25(16-22)38-24-5-2-6-24)33-29-26(30(36)37)15-20(18-32-29)27-8-3-13-39-27/h1,3-4,7-13,15-18,24H,2,5-6,14H2,(H,36,37)(H,32,33,34). The van der Waals surface area contributed by atoms with Crippen molar-refractivity contribution < 1.29 is 19.0 Å². The summed E-state index contributed by atoms with van der Waals surface area (Å²) >= 11 is 1.52. The van der Waals surface area contributed by atoms with Gasteiger partial charge in [-0.2, -0.15) is 0 Å². The van der Waals surface area contributed by atoms with Gasteiger partial charge in [-0.3, -0.25) is 0 Å². The monoisotopic (exact) mass is 540 g/mol. The zero-order chi connectivity index (χ0) is 26.8. The van der Waals surface area contributed by atoms with Crippen LogP contribution in [0, 0.1) is 5.82 Å². The molecule has 9 heteroatoms. The van der Waals surface area contributed by atoms with Gasteiger partial charge in [-0.05, 0) is 66.6 Å². The third kappa shape index (κ3) is 5.53. The first-order valence-corrected chi connectivity index (χ1v) is 13.5. The Labute approximate surface area is 228 Å². The maximum absolute atomic E-state index is 13.5. The van der Waals surface area contributed by atoms with Gasteiger partial charge in [0.1, 0.15) is 22.9 Å². The third-order valence-electron chi connectivity index (χ3n) is 6.67. The summed E-state index contributed by atoms with van der Waals surface area (Å²) in [5.74, 6) is 0.0250.